The lowest BCUT2D eigenvalue weighted by Crippen LogP contribution is -2.70. The molecule has 7 heterocycles. The van der Waals surface area contributed by atoms with Gasteiger partial charge < -0.3 is 24.4 Å². The molecule has 198 valence electrons. The number of anilines is 1. The van der Waals surface area contributed by atoms with Crippen LogP contribution < -0.4 is 14.4 Å². The molecule has 3 aliphatic rings. The van der Waals surface area contributed by atoms with Crippen LogP contribution in [0.15, 0.2) is 55.1 Å². The molecule has 1 amide bonds. The monoisotopic (exact) mass is 525 g/mol. The van der Waals surface area contributed by atoms with Gasteiger partial charge in [-0.15, -0.1) is 0 Å². The van der Waals surface area contributed by atoms with Crippen molar-refractivity contribution in [3.8, 4) is 28.8 Å². The number of aliphatic hydroxyl groups is 1. The van der Waals surface area contributed by atoms with Crippen LogP contribution in [0.25, 0.3) is 16.6 Å². The van der Waals surface area contributed by atoms with Crippen LogP contribution in [0.4, 0.5) is 5.82 Å². The largest absolute Gasteiger partial charge is 0.489 e. The number of amides is 1. The van der Waals surface area contributed by atoms with Crippen molar-refractivity contribution < 1.29 is 19.4 Å². The van der Waals surface area contributed by atoms with E-state index in [1.807, 2.05) is 23.1 Å². The molecular formula is C28H27N7O4. The molecule has 0 aromatic carbocycles. The molecule has 11 heteroatoms. The Morgan fingerprint density at radius 2 is 2.00 bits per heavy atom. The van der Waals surface area contributed by atoms with Crippen molar-refractivity contribution in [3.05, 3.63) is 66.2 Å². The number of ether oxygens (including phenoxy) is 2. The lowest BCUT2D eigenvalue weighted by molar-refractivity contribution is 0.00572. The number of hydrogen-bond donors (Lipinski definition) is 1. The Hall–Kier alpha value is -4.69. The van der Waals surface area contributed by atoms with Gasteiger partial charge in [-0.1, -0.05) is 0 Å². The van der Waals surface area contributed by atoms with Crippen LogP contribution in [0.2, 0.25) is 0 Å². The summed E-state index contributed by atoms with van der Waals surface area (Å²) in [6.45, 7) is 3.19. The zero-order valence-electron chi connectivity index (χ0n) is 21.6. The number of nitrogens with zero attached hydrogens (tertiary/aromatic N) is 7. The first-order valence-electron chi connectivity index (χ1n) is 12.7. The van der Waals surface area contributed by atoms with Crippen LogP contribution in [-0.4, -0.2) is 80.5 Å². The number of nitriles is 1. The molecule has 1 N–H and O–H groups in total. The van der Waals surface area contributed by atoms with Gasteiger partial charge in [-0.2, -0.15) is 10.4 Å². The average Bonchev–Trinajstić information content (AvgIpc) is 3.39. The summed E-state index contributed by atoms with van der Waals surface area (Å²) in [5.41, 5.74) is 3.25. The van der Waals surface area contributed by atoms with Crippen LogP contribution in [0.5, 0.6) is 11.6 Å². The fourth-order valence-corrected chi connectivity index (χ4v) is 5.33. The Bertz CT molecular complexity index is 1550. The maximum Gasteiger partial charge on any atom is 0.256 e. The van der Waals surface area contributed by atoms with E-state index in [4.69, 9.17) is 14.5 Å². The van der Waals surface area contributed by atoms with Crippen molar-refractivity contribution in [2.75, 3.05) is 31.7 Å². The highest BCUT2D eigenvalue weighted by molar-refractivity contribution is 5.95. The number of piperazine rings is 1. The first-order chi connectivity index (χ1) is 18.9. The normalized spacial score (nSPS) is 18.8. The van der Waals surface area contributed by atoms with Gasteiger partial charge in [0.05, 0.1) is 54.3 Å². The zero-order chi connectivity index (χ0) is 27.1. The minimum atomic E-state index is -0.618. The summed E-state index contributed by atoms with van der Waals surface area (Å²) in [7, 11) is 1.55. The molecule has 3 saturated heterocycles. The summed E-state index contributed by atoms with van der Waals surface area (Å²) >= 11 is 0. The molecule has 7 rings (SSSR count). The predicted molar refractivity (Wildman–Crippen MR) is 142 cm³/mol. The van der Waals surface area contributed by atoms with E-state index in [9.17, 15) is 15.2 Å². The van der Waals surface area contributed by atoms with Crippen molar-refractivity contribution >= 4 is 17.2 Å². The van der Waals surface area contributed by atoms with Gasteiger partial charge in [0.15, 0.2) is 0 Å². The van der Waals surface area contributed by atoms with Gasteiger partial charge >= 0.3 is 0 Å². The maximum atomic E-state index is 13.1. The third-order valence-electron chi connectivity index (χ3n) is 7.20. The maximum absolute atomic E-state index is 13.1. The number of carbonyl (C=O) groups is 1. The fraction of sp³-hybridized carbons (Fsp3) is 0.321. The summed E-state index contributed by atoms with van der Waals surface area (Å²) in [6.07, 6.45) is 6.91. The van der Waals surface area contributed by atoms with E-state index in [1.54, 1.807) is 49.3 Å². The first-order valence-corrected chi connectivity index (χ1v) is 12.7. The second-order valence-electron chi connectivity index (χ2n) is 9.87. The van der Waals surface area contributed by atoms with Gasteiger partial charge in [0.25, 0.3) is 5.91 Å². The lowest BCUT2D eigenvalue weighted by Gasteiger charge is -2.56. The molecule has 0 spiro atoms. The topological polar surface area (TPSA) is 129 Å². The van der Waals surface area contributed by atoms with Crippen LogP contribution in [0.3, 0.4) is 0 Å². The minimum Gasteiger partial charge on any atom is -0.489 e. The fourth-order valence-electron chi connectivity index (χ4n) is 5.33. The summed E-state index contributed by atoms with van der Waals surface area (Å²) in [4.78, 5) is 26.1. The summed E-state index contributed by atoms with van der Waals surface area (Å²) in [6, 6.07) is 11.7. The number of rotatable bonds is 7. The lowest BCUT2D eigenvalue weighted by atomic mass is 9.86. The van der Waals surface area contributed by atoms with Crippen LogP contribution in [-0.2, 0) is 0 Å². The van der Waals surface area contributed by atoms with Crippen LogP contribution >= 0.6 is 0 Å². The molecule has 3 aliphatic heterocycles. The molecule has 3 atom stereocenters. The van der Waals surface area contributed by atoms with Crippen LogP contribution in [0.1, 0.15) is 29.3 Å². The minimum absolute atomic E-state index is 0.00910. The van der Waals surface area contributed by atoms with Crippen LogP contribution in [0, 0.1) is 11.3 Å². The highest BCUT2D eigenvalue weighted by Crippen LogP contribution is 2.36. The third kappa shape index (κ3) is 4.49. The van der Waals surface area contributed by atoms with E-state index in [1.165, 1.54) is 6.20 Å². The second-order valence-corrected chi connectivity index (χ2v) is 9.87. The summed E-state index contributed by atoms with van der Waals surface area (Å²) < 4.78 is 12.4. The molecule has 0 radical (unpaired) electrons. The van der Waals surface area contributed by atoms with E-state index >= 15 is 0 Å². The van der Waals surface area contributed by atoms with Gasteiger partial charge in [0.1, 0.15) is 24.2 Å². The van der Waals surface area contributed by atoms with Crippen molar-refractivity contribution in [2.24, 2.45) is 0 Å². The molecule has 0 saturated carbocycles. The molecule has 2 unspecified atom stereocenters. The zero-order valence-corrected chi connectivity index (χ0v) is 21.6. The number of piperidine rings is 1. The number of aliphatic hydroxyl groups excluding tert-OH is 1. The van der Waals surface area contributed by atoms with E-state index in [2.05, 4.69) is 21.1 Å². The number of fused-ring (bicyclic) bond motifs is 3. The molecule has 4 aromatic rings. The van der Waals surface area contributed by atoms with E-state index in [0.717, 1.165) is 23.4 Å². The third-order valence-corrected chi connectivity index (χ3v) is 7.20. The first kappa shape index (κ1) is 24.6. The Balaban J connectivity index is 1.21. The number of hydrogen-bond acceptors (Lipinski definition) is 9. The predicted octanol–water partition coefficient (Wildman–Crippen LogP) is 2.53. The number of carbonyl (C=O) groups excluding carboxylic acids is 1. The second kappa shape index (κ2) is 9.89. The molecule has 0 aliphatic carbocycles. The Morgan fingerprint density at radius 1 is 1.18 bits per heavy atom. The molecular weight excluding hydrogens is 498 g/mol. The highest BCUT2D eigenvalue weighted by atomic mass is 16.5. The summed E-state index contributed by atoms with van der Waals surface area (Å²) in [5.74, 6) is 1.83. The van der Waals surface area contributed by atoms with Gasteiger partial charge in [-0.25, -0.2) is 14.5 Å². The quantitative estimate of drug-likeness (QED) is 0.387. The van der Waals surface area contributed by atoms with Gasteiger partial charge in [0.2, 0.25) is 5.88 Å². The van der Waals surface area contributed by atoms with Crippen molar-refractivity contribution in [1.29, 1.82) is 5.26 Å². The number of aromatic nitrogens is 4. The number of pyridine rings is 3. The van der Waals surface area contributed by atoms with Gasteiger partial charge in [0, 0.05) is 42.7 Å². The SMILES string of the molecule is COc1ccc(C(=O)N2C3CC2CN(c2ccc(-c4cc(OC[C@@H](C)O)cn5ncc(C#N)c45)cn2)C3)cn1. The van der Waals surface area contributed by atoms with Crippen molar-refractivity contribution in [2.45, 2.75) is 31.5 Å². The Labute approximate surface area is 224 Å². The van der Waals surface area contributed by atoms with Gasteiger partial charge in [-0.3, -0.25) is 4.79 Å². The highest BCUT2D eigenvalue weighted by Gasteiger charge is 2.47. The summed E-state index contributed by atoms with van der Waals surface area (Å²) in [5, 5.41) is 23.5. The smallest absolute Gasteiger partial charge is 0.256 e. The molecule has 2 bridgehead atoms. The average molecular weight is 526 g/mol. The Morgan fingerprint density at radius 3 is 2.64 bits per heavy atom. The van der Waals surface area contributed by atoms with E-state index < -0.39 is 6.10 Å². The number of methoxy groups -OCH3 is 1. The van der Waals surface area contributed by atoms with E-state index in [-0.39, 0.29) is 24.6 Å². The Kier molecular flexibility index (Phi) is 6.24. The van der Waals surface area contributed by atoms with E-state index in [0.29, 0.717) is 41.4 Å². The van der Waals surface area contributed by atoms with Crippen molar-refractivity contribution in [1.82, 2.24) is 24.5 Å². The molecule has 11 nitrogen and oxygen atoms in total. The van der Waals surface area contributed by atoms with Gasteiger partial charge in [-0.05, 0) is 37.6 Å². The standard InChI is InChI=1S/C28H27N7O4/c1-17(36)16-39-23-8-24(27-20(9-29)12-32-34(27)15-23)18-3-5-25(30-10-18)33-13-21-7-22(14-33)35(21)28(37)19-4-6-26(38-2)31-11-19/h3-6,8,10-12,15,17,21-22,36H,7,13-14,16H2,1-2H3/t17-,21?,22?/m1/s1. The molecule has 39 heavy (non-hydrogen) atoms. The van der Waals surface area contributed by atoms with Crippen molar-refractivity contribution in [3.63, 3.8) is 0 Å². The molecule has 4 aromatic heterocycles. The molecule has 3 fully saturated rings.